The van der Waals surface area contributed by atoms with Gasteiger partial charge in [-0.2, -0.15) is 5.10 Å². The molecule has 1 aliphatic rings. The summed E-state index contributed by atoms with van der Waals surface area (Å²) in [4.78, 5) is 0. The molecule has 3 heteroatoms. The van der Waals surface area contributed by atoms with Crippen LogP contribution in [-0.2, 0) is 13.5 Å². The van der Waals surface area contributed by atoms with E-state index in [0.717, 1.165) is 0 Å². The zero-order chi connectivity index (χ0) is 12.5. The molecule has 3 nitrogen and oxygen atoms in total. The summed E-state index contributed by atoms with van der Waals surface area (Å²) in [5.74, 6) is 0.565. The third-order valence-electron chi connectivity index (χ3n) is 3.98. The van der Waals surface area contributed by atoms with Crippen LogP contribution < -0.4 is 5.32 Å². The van der Waals surface area contributed by atoms with Crippen molar-refractivity contribution in [2.45, 2.75) is 24.8 Å². The molecule has 1 N–H and O–H groups in total. The Balaban J connectivity index is 1.95. The topological polar surface area (TPSA) is 29.9 Å². The average Bonchev–Trinajstić information content (AvgIpc) is 2.98. The first-order valence-electron chi connectivity index (χ1n) is 6.53. The van der Waals surface area contributed by atoms with Crippen LogP contribution in [0.2, 0.25) is 0 Å². The number of aromatic nitrogens is 2. The van der Waals surface area contributed by atoms with E-state index in [9.17, 15) is 0 Å². The van der Waals surface area contributed by atoms with Crippen LogP contribution in [0.3, 0.4) is 0 Å². The van der Waals surface area contributed by atoms with Gasteiger partial charge in [-0.1, -0.05) is 24.3 Å². The molecule has 1 heterocycles. The van der Waals surface area contributed by atoms with Gasteiger partial charge in [0.15, 0.2) is 0 Å². The van der Waals surface area contributed by atoms with E-state index in [1.165, 1.54) is 29.5 Å². The maximum absolute atomic E-state index is 4.29. The van der Waals surface area contributed by atoms with Gasteiger partial charge in [-0.05, 0) is 31.0 Å². The first kappa shape index (κ1) is 11.5. The summed E-state index contributed by atoms with van der Waals surface area (Å²) in [5, 5.41) is 7.75. The Hall–Kier alpha value is -1.61. The van der Waals surface area contributed by atoms with Crippen molar-refractivity contribution in [3.05, 3.63) is 53.3 Å². The van der Waals surface area contributed by atoms with Crippen LogP contribution in [0.5, 0.6) is 0 Å². The van der Waals surface area contributed by atoms with E-state index >= 15 is 0 Å². The van der Waals surface area contributed by atoms with Gasteiger partial charge in [0.2, 0.25) is 0 Å². The molecule has 1 aromatic heterocycles. The van der Waals surface area contributed by atoms with Crippen LogP contribution in [0.4, 0.5) is 0 Å². The van der Waals surface area contributed by atoms with E-state index in [4.69, 9.17) is 0 Å². The van der Waals surface area contributed by atoms with E-state index in [1.807, 2.05) is 25.0 Å². The molecule has 0 saturated heterocycles. The van der Waals surface area contributed by atoms with Gasteiger partial charge >= 0.3 is 0 Å². The lowest BCUT2D eigenvalue weighted by molar-refractivity contribution is 0.476. The number of likely N-dealkylation sites (N-methyl/N-ethyl adjacent to an activating group) is 1. The highest BCUT2D eigenvalue weighted by Gasteiger charge is 2.30. The first-order valence-corrected chi connectivity index (χ1v) is 6.53. The minimum Gasteiger partial charge on any atom is -0.312 e. The van der Waals surface area contributed by atoms with Crippen molar-refractivity contribution in [1.82, 2.24) is 15.1 Å². The summed E-state index contributed by atoms with van der Waals surface area (Å²) in [6.45, 7) is 0. The predicted octanol–water partition coefficient (Wildman–Crippen LogP) is 2.41. The van der Waals surface area contributed by atoms with Gasteiger partial charge in [0.25, 0.3) is 0 Å². The normalized spacial score (nSPS) is 19.8. The standard InChI is InChI=1S/C15H19N3/c1-16-15(12-9-17-18(2)10-12)14-8-7-11-5-3-4-6-13(11)14/h3-6,9-10,14-16H,7-8H2,1-2H3. The van der Waals surface area contributed by atoms with Crippen molar-refractivity contribution in [2.24, 2.45) is 7.05 Å². The molecule has 0 aliphatic heterocycles. The van der Waals surface area contributed by atoms with Gasteiger partial charge in [0.05, 0.1) is 6.20 Å². The number of aryl methyl sites for hydroxylation is 2. The second kappa shape index (κ2) is 4.58. The van der Waals surface area contributed by atoms with Gasteiger partial charge in [-0.3, -0.25) is 4.68 Å². The maximum atomic E-state index is 4.29. The molecule has 3 rings (SSSR count). The lowest BCUT2D eigenvalue weighted by Crippen LogP contribution is -2.22. The first-order chi connectivity index (χ1) is 8.79. The van der Waals surface area contributed by atoms with Crippen LogP contribution in [0.15, 0.2) is 36.7 Å². The minimum absolute atomic E-state index is 0.363. The fourth-order valence-electron chi connectivity index (χ4n) is 3.14. The number of hydrogen-bond donors (Lipinski definition) is 1. The third kappa shape index (κ3) is 1.85. The molecule has 0 saturated carbocycles. The van der Waals surface area contributed by atoms with Crippen molar-refractivity contribution in [1.29, 1.82) is 0 Å². The number of hydrogen-bond acceptors (Lipinski definition) is 2. The summed E-state index contributed by atoms with van der Waals surface area (Å²) in [5.41, 5.74) is 4.29. The molecule has 94 valence electrons. The van der Waals surface area contributed by atoms with Crippen molar-refractivity contribution in [3.63, 3.8) is 0 Å². The minimum atomic E-state index is 0.363. The fourth-order valence-corrected chi connectivity index (χ4v) is 3.14. The Bertz CT molecular complexity index is 544. The number of fused-ring (bicyclic) bond motifs is 1. The van der Waals surface area contributed by atoms with E-state index < -0.39 is 0 Å². The Morgan fingerprint density at radius 2 is 2.22 bits per heavy atom. The second-order valence-electron chi connectivity index (χ2n) is 5.06. The molecule has 2 atom stereocenters. The molecule has 0 radical (unpaired) electrons. The third-order valence-corrected chi connectivity index (χ3v) is 3.98. The van der Waals surface area contributed by atoms with Gasteiger partial charge in [0.1, 0.15) is 0 Å². The SMILES string of the molecule is CNC(c1cnn(C)c1)C1CCc2ccccc21. The summed E-state index contributed by atoms with van der Waals surface area (Å²) < 4.78 is 1.88. The molecule has 1 aromatic carbocycles. The molecule has 0 bridgehead atoms. The van der Waals surface area contributed by atoms with Gasteiger partial charge < -0.3 is 5.32 Å². The molecule has 0 spiro atoms. The molecule has 2 unspecified atom stereocenters. The summed E-state index contributed by atoms with van der Waals surface area (Å²) in [7, 11) is 4.01. The highest BCUT2D eigenvalue weighted by molar-refractivity contribution is 5.37. The molecule has 1 aliphatic carbocycles. The molecule has 18 heavy (non-hydrogen) atoms. The summed E-state index contributed by atoms with van der Waals surface area (Å²) in [6.07, 6.45) is 6.50. The highest BCUT2D eigenvalue weighted by atomic mass is 15.2. The lowest BCUT2D eigenvalue weighted by Gasteiger charge is -2.23. The molecule has 0 fully saturated rings. The maximum Gasteiger partial charge on any atom is 0.0537 e. The van der Waals surface area contributed by atoms with Crippen LogP contribution in [0.25, 0.3) is 0 Å². The van der Waals surface area contributed by atoms with Crippen molar-refractivity contribution in [2.75, 3.05) is 7.05 Å². The monoisotopic (exact) mass is 241 g/mol. The summed E-state index contributed by atoms with van der Waals surface area (Å²) >= 11 is 0. The Labute approximate surface area is 108 Å². The van der Waals surface area contributed by atoms with Crippen molar-refractivity contribution in [3.8, 4) is 0 Å². The Kier molecular flexibility index (Phi) is 2.92. The van der Waals surface area contributed by atoms with E-state index in [-0.39, 0.29) is 0 Å². The van der Waals surface area contributed by atoms with Crippen LogP contribution in [-0.4, -0.2) is 16.8 Å². The van der Waals surface area contributed by atoms with Crippen LogP contribution in [0, 0.1) is 0 Å². The molecule has 0 amide bonds. The Morgan fingerprint density at radius 3 is 2.94 bits per heavy atom. The zero-order valence-corrected chi connectivity index (χ0v) is 10.9. The lowest BCUT2D eigenvalue weighted by atomic mass is 9.90. The van der Waals surface area contributed by atoms with Crippen molar-refractivity contribution < 1.29 is 0 Å². The second-order valence-corrected chi connectivity index (χ2v) is 5.06. The van der Waals surface area contributed by atoms with E-state index in [1.54, 1.807) is 0 Å². The van der Waals surface area contributed by atoms with E-state index in [0.29, 0.717) is 12.0 Å². The molecular weight excluding hydrogens is 222 g/mol. The van der Waals surface area contributed by atoms with Crippen LogP contribution in [0.1, 0.15) is 35.1 Å². The summed E-state index contributed by atoms with van der Waals surface area (Å²) in [6, 6.07) is 9.17. The highest BCUT2D eigenvalue weighted by Crippen LogP contribution is 2.41. The smallest absolute Gasteiger partial charge is 0.0537 e. The number of rotatable bonds is 3. The fraction of sp³-hybridized carbons (Fsp3) is 0.400. The largest absolute Gasteiger partial charge is 0.312 e. The Morgan fingerprint density at radius 1 is 1.39 bits per heavy atom. The number of nitrogens with zero attached hydrogens (tertiary/aromatic N) is 2. The zero-order valence-electron chi connectivity index (χ0n) is 10.9. The van der Waals surface area contributed by atoms with Crippen molar-refractivity contribution >= 4 is 0 Å². The van der Waals surface area contributed by atoms with Gasteiger partial charge in [-0.15, -0.1) is 0 Å². The van der Waals surface area contributed by atoms with Gasteiger partial charge in [0, 0.05) is 30.8 Å². The predicted molar refractivity (Wildman–Crippen MR) is 72.5 cm³/mol. The van der Waals surface area contributed by atoms with E-state index in [2.05, 4.69) is 40.9 Å². The average molecular weight is 241 g/mol. The molecular formula is C15H19N3. The number of nitrogens with one attached hydrogen (secondary N) is 1. The number of benzene rings is 1. The quantitative estimate of drug-likeness (QED) is 0.894. The molecule has 2 aromatic rings. The van der Waals surface area contributed by atoms with Crippen LogP contribution >= 0.6 is 0 Å². The van der Waals surface area contributed by atoms with Gasteiger partial charge in [-0.25, -0.2) is 0 Å².